The van der Waals surface area contributed by atoms with Crippen molar-refractivity contribution in [1.29, 1.82) is 0 Å². The van der Waals surface area contributed by atoms with Crippen molar-refractivity contribution in [3.8, 4) is 0 Å². The Morgan fingerprint density at radius 2 is 1.54 bits per heavy atom. The van der Waals surface area contributed by atoms with E-state index >= 15 is 0 Å². The molecule has 0 amide bonds. The molecule has 0 saturated carbocycles. The fraction of sp³-hybridized carbons (Fsp3) is 0.300. The molecule has 0 bridgehead atoms. The average molecular weight is 322 g/mol. The van der Waals surface area contributed by atoms with Gasteiger partial charge in [-0.25, -0.2) is 9.97 Å². The van der Waals surface area contributed by atoms with Gasteiger partial charge in [0.15, 0.2) is 24.0 Å². The van der Waals surface area contributed by atoms with E-state index in [1.807, 2.05) is 24.3 Å². The second-order valence-electron chi connectivity index (χ2n) is 6.44. The van der Waals surface area contributed by atoms with Crippen LogP contribution < -0.4 is 0 Å². The summed E-state index contributed by atoms with van der Waals surface area (Å²) >= 11 is 0. The molecule has 4 nitrogen and oxygen atoms in total. The zero-order valence-corrected chi connectivity index (χ0v) is 14.5. The first kappa shape index (κ1) is 16.2. The molecule has 124 valence electrons. The van der Waals surface area contributed by atoms with E-state index in [1.165, 1.54) is 23.9 Å². The van der Waals surface area contributed by atoms with E-state index in [-0.39, 0.29) is 0 Å². The number of hydrogen-bond donors (Lipinski definition) is 0. The Hall–Kier alpha value is -2.62. The number of aromatic nitrogens is 2. The van der Waals surface area contributed by atoms with Gasteiger partial charge in [-0.3, -0.25) is 0 Å². The summed E-state index contributed by atoms with van der Waals surface area (Å²) in [4.78, 5) is 8.15. The van der Waals surface area contributed by atoms with Crippen LogP contribution in [0.4, 0.5) is 0 Å². The molecular formula is C20H22N2O2. The first-order valence-corrected chi connectivity index (χ1v) is 8.21. The van der Waals surface area contributed by atoms with Crippen LogP contribution in [0.2, 0.25) is 0 Å². The van der Waals surface area contributed by atoms with E-state index in [4.69, 9.17) is 8.83 Å². The third-order valence-corrected chi connectivity index (χ3v) is 4.03. The number of nitrogens with zero attached hydrogens (tertiary/aromatic N) is 2. The number of para-hydroxylation sites is 1. The molecule has 0 radical (unpaired) electrons. The molecule has 4 rings (SSSR count). The van der Waals surface area contributed by atoms with E-state index in [0.717, 1.165) is 22.2 Å². The van der Waals surface area contributed by atoms with Gasteiger partial charge < -0.3 is 8.83 Å². The van der Waals surface area contributed by atoms with Crippen LogP contribution in [0.3, 0.4) is 0 Å². The lowest BCUT2D eigenvalue weighted by molar-refractivity contribution is 0.594. The largest absolute Gasteiger partial charge is 0.443 e. The van der Waals surface area contributed by atoms with Crippen molar-refractivity contribution in [3.63, 3.8) is 0 Å². The van der Waals surface area contributed by atoms with Crippen LogP contribution in [-0.2, 0) is 0 Å². The molecular weight excluding hydrogens is 300 g/mol. The number of hydrogen-bond acceptors (Lipinski definition) is 4. The first-order valence-electron chi connectivity index (χ1n) is 8.21. The molecule has 0 unspecified atom stereocenters. The minimum absolute atomic E-state index is 0.488. The SMILES string of the molecule is CC(C)c1ccc2ncoc2c1.CC(C)c1cccc2ncoc12. The summed E-state index contributed by atoms with van der Waals surface area (Å²) in [5.41, 5.74) is 6.19. The van der Waals surface area contributed by atoms with Crippen LogP contribution in [0.25, 0.3) is 22.2 Å². The Bertz CT molecular complexity index is 934. The lowest BCUT2D eigenvalue weighted by Gasteiger charge is -2.03. The van der Waals surface area contributed by atoms with Crippen LogP contribution in [-0.4, -0.2) is 9.97 Å². The Morgan fingerprint density at radius 1 is 0.792 bits per heavy atom. The molecule has 0 spiro atoms. The van der Waals surface area contributed by atoms with Crippen LogP contribution in [0.1, 0.15) is 50.7 Å². The van der Waals surface area contributed by atoms with Gasteiger partial charge in [-0.1, -0.05) is 45.9 Å². The predicted molar refractivity (Wildman–Crippen MR) is 96.2 cm³/mol. The van der Waals surface area contributed by atoms with Gasteiger partial charge in [0.2, 0.25) is 0 Å². The minimum Gasteiger partial charge on any atom is -0.443 e. The highest BCUT2D eigenvalue weighted by Gasteiger charge is 2.07. The van der Waals surface area contributed by atoms with Crippen LogP contribution in [0, 0.1) is 0 Å². The standard InChI is InChI=1S/2C10H11NO/c1-7(2)8-3-4-9-10(5-8)12-6-11-9;1-7(2)8-4-3-5-9-10(8)12-6-11-9/h2*3-7H,1-2H3. The maximum atomic E-state index is 5.30. The quantitative estimate of drug-likeness (QED) is 0.461. The van der Waals surface area contributed by atoms with Crippen molar-refractivity contribution in [1.82, 2.24) is 9.97 Å². The van der Waals surface area contributed by atoms with Gasteiger partial charge in [-0.2, -0.15) is 0 Å². The molecule has 2 heterocycles. The zero-order valence-electron chi connectivity index (χ0n) is 14.5. The average Bonchev–Trinajstić information content (AvgIpc) is 3.22. The van der Waals surface area contributed by atoms with Gasteiger partial charge in [0, 0.05) is 0 Å². The monoisotopic (exact) mass is 322 g/mol. The molecule has 4 aromatic rings. The third-order valence-electron chi connectivity index (χ3n) is 4.03. The summed E-state index contributed by atoms with van der Waals surface area (Å²) in [5.74, 6) is 1.03. The van der Waals surface area contributed by atoms with Crippen molar-refractivity contribution >= 4 is 22.2 Å². The first-order chi connectivity index (χ1) is 11.6. The fourth-order valence-corrected chi connectivity index (χ4v) is 2.59. The molecule has 0 saturated heterocycles. The van der Waals surface area contributed by atoms with Crippen molar-refractivity contribution in [2.75, 3.05) is 0 Å². The topological polar surface area (TPSA) is 52.1 Å². The number of rotatable bonds is 2. The molecule has 0 aliphatic rings. The Balaban J connectivity index is 0.000000141. The van der Waals surface area contributed by atoms with Gasteiger partial charge >= 0.3 is 0 Å². The van der Waals surface area contributed by atoms with E-state index in [9.17, 15) is 0 Å². The highest BCUT2D eigenvalue weighted by Crippen LogP contribution is 2.24. The minimum atomic E-state index is 0.488. The number of benzene rings is 2. The molecule has 0 aliphatic carbocycles. The lowest BCUT2D eigenvalue weighted by atomic mass is 10.0. The second kappa shape index (κ2) is 6.87. The van der Waals surface area contributed by atoms with Crippen molar-refractivity contribution < 1.29 is 8.83 Å². The normalized spacial score (nSPS) is 11.2. The molecule has 0 atom stereocenters. The van der Waals surface area contributed by atoms with Crippen LogP contribution >= 0.6 is 0 Å². The second-order valence-corrected chi connectivity index (χ2v) is 6.44. The molecule has 0 fully saturated rings. The van der Waals surface area contributed by atoms with Gasteiger partial charge in [-0.15, -0.1) is 0 Å². The van der Waals surface area contributed by atoms with Gasteiger partial charge in [-0.05, 0) is 41.2 Å². The van der Waals surface area contributed by atoms with Gasteiger partial charge in [0.05, 0.1) is 0 Å². The Kier molecular flexibility index (Phi) is 4.65. The maximum absolute atomic E-state index is 5.30. The molecule has 2 aromatic heterocycles. The summed E-state index contributed by atoms with van der Waals surface area (Å²) < 4.78 is 10.5. The molecule has 24 heavy (non-hydrogen) atoms. The number of oxazole rings is 2. The van der Waals surface area contributed by atoms with Crippen molar-refractivity contribution in [2.24, 2.45) is 0 Å². The maximum Gasteiger partial charge on any atom is 0.181 e. The summed E-state index contributed by atoms with van der Waals surface area (Å²) in [6.45, 7) is 8.63. The van der Waals surface area contributed by atoms with E-state index in [0.29, 0.717) is 11.8 Å². The zero-order chi connectivity index (χ0) is 17.1. The molecule has 2 aromatic carbocycles. The summed E-state index contributed by atoms with van der Waals surface area (Å²) in [5, 5.41) is 0. The highest BCUT2D eigenvalue weighted by atomic mass is 16.3. The van der Waals surface area contributed by atoms with E-state index in [2.05, 4.69) is 49.8 Å². The third kappa shape index (κ3) is 3.32. The van der Waals surface area contributed by atoms with Gasteiger partial charge in [0.25, 0.3) is 0 Å². The Morgan fingerprint density at radius 3 is 2.29 bits per heavy atom. The highest BCUT2D eigenvalue weighted by molar-refractivity contribution is 5.76. The smallest absolute Gasteiger partial charge is 0.181 e. The Labute approximate surface area is 141 Å². The summed E-state index contributed by atoms with van der Waals surface area (Å²) in [6.07, 6.45) is 2.98. The molecule has 0 aliphatic heterocycles. The lowest BCUT2D eigenvalue weighted by Crippen LogP contribution is -1.86. The molecule has 4 heteroatoms. The van der Waals surface area contributed by atoms with Crippen LogP contribution in [0.15, 0.2) is 58.0 Å². The summed E-state index contributed by atoms with van der Waals surface area (Å²) in [6, 6.07) is 12.2. The van der Waals surface area contributed by atoms with E-state index < -0.39 is 0 Å². The van der Waals surface area contributed by atoms with Crippen molar-refractivity contribution in [2.45, 2.75) is 39.5 Å². The van der Waals surface area contributed by atoms with Gasteiger partial charge in [0.1, 0.15) is 11.0 Å². The predicted octanol–water partition coefficient (Wildman–Crippen LogP) is 5.90. The summed E-state index contributed by atoms with van der Waals surface area (Å²) in [7, 11) is 0. The molecule has 0 N–H and O–H groups in total. The fourth-order valence-electron chi connectivity index (χ4n) is 2.59. The number of fused-ring (bicyclic) bond motifs is 2. The van der Waals surface area contributed by atoms with Crippen LogP contribution in [0.5, 0.6) is 0 Å². The van der Waals surface area contributed by atoms with Crippen molar-refractivity contribution in [3.05, 3.63) is 60.3 Å². The van der Waals surface area contributed by atoms with E-state index in [1.54, 1.807) is 0 Å².